The van der Waals surface area contributed by atoms with Crippen LogP contribution in [-0.4, -0.2) is 27.0 Å². The molecule has 0 aliphatic rings. The van der Waals surface area contributed by atoms with Gasteiger partial charge in [0.25, 0.3) is 10.0 Å². The number of sulfonamides is 2. The zero-order valence-corrected chi connectivity index (χ0v) is 13.1. The number of aromatic nitrogens is 2. The maximum Gasteiger partial charge on any atom is 0.278 e. The number of hydrogen-bond acceptors (Lipinski definition) is 5. The van der Waals surface area contributed by atoms with Crippen LogP contribution < -0.4 is 9.86 Å². The van der Waals surface area contributed by atoms with Crippen molar-refractivity contribution in [1.82, 2.24) is 10.2 Å². The molecule has 2 rings (SSSR count). The zero-order valence-electron chi connectivity index (χ0n) is 10.7. The number of primary sulfonamides is 1. The molecule has 114 valence electrons. The van der Waals surface area contributed by atoms with Crippen molar-refractivity contribution in [2.45, 2.75) is 16.8 Å². The van der Waals surface area contributed by atoms with Gasteiger partial charge in [-0.15, -0.1) is 0 Å². The lowest BCUT2D eigenvalue weighted by atomic mass is 10.2. The fourth-order valence-electron chi connectivity index (χ4n) is 1.59. The van der Waals surface area contributed by atoms with E-state index >= 15 is 0 Å². The van der Waals surface area contributed by atoms with Gasteiger partial charge in [0.05, 0.1) is 21.8 Å². The largest absolute Gasteiger partial charge is 0.278 e. The smallest absolute Gasteiger partial charge is 0.277 e. The fourth-order valence-corrected chi connectivity index (χ4v) is 3.71. The Bertz CT molecular complexity index is 853. The third-order valence-corrected chi connectivity index (χ3v) is 5.06. The van der Waals surface area contributed by atoms with Crippen LogP contribution in [0.4, 0.5) is 5.69 Å². The van der Waals surface area contributed by atoms with Gasteiger partial charge in [-0.3, -0.25) is 9.82 Å². The van der Waals surface area contributed by atoms with Crippen LogP contribution in [0.2, 0.25) is 5.02 Å². The summed E-state index contributed by atoms with van der Waals surface area (Å²) in [6.45, 7) is 1.51. The van der Waals surface area contributed by atoms with E-state index in [1.807, 2.05) is 0 Å². The van der Waals surface area contributed by atoms with E-state index in [1.165, 1.54) is 25.3 Å². The van der Waals surface area contributed by atoms with Gasteiger partial charge in [0.1, 0.15) is 0 Å². The summed E-state index contributed by atoms with van der Waals surface area (Å²) in [5.74, 6) is 0. The van der Waals surface area contributed by atoms with Gasteiger partial charge in [-0.25, -0.2) is 13.6 Å². The van der Waals surface area contributed by atoms with E-state index in [0.29, 0.717) is 5.56 Å². The monoisotopic (exact) mass is 350 g/mol. The lowest BCUT2D eigenvalue weighted by Gasteiger charge is -2.12. The van der Waals surface area contributed by atoms with Crippen molar-refractivity contribution >= 4 is 37.3 Å². The molecule has 0 radical (unpaired) electrons. The second-order valence-electron chi connectivity index (χ2n) is 4.17. The molecule has 0 bridgehead atoms. The van der Waals surface area contributed by atoms with Crippen molar-refractivity contribution in [1.29, 1.82) is 0 Å². The van der Waals surface area contributed by atoms with Gasteiger partial charge >= 0.3 is 0 Å². The molecule has 0 unspecified atom stereocenters. The van der Waals surface area contributed by atoms with Gasteiger partial charge in [0, 0.05) is 0 Å². The molecule has 0 aliphatic heterocycles. The molecule has 21 heavy (non-hydrogen) atoms. The highest BCUT2D eigenvalue weighted by atomic mass is 35.5. The van der Waals surface area contributed by atoms with E-state index in [2.05, 4.69) is 14.9 Å². The maximum atomic E-state index is 12.1. The maximum absolute atomic E-state index is 12.1. The third kappa shape index (κ3) is 3.35. The van der Waals surface area contributed by atoms with E-state index in [1.54, 1.807) is 0 Å². The Labute approximate surface area is 126 Å². The van der Waals surface area contributed by atoms with Gasteiger partial charge in [-0.05, 0) is 30.7 Å². The van der Waals surface area contributed by atoms with E-state index in [9.17, 15) is 16.8 Å². The first kappa shape index (κ1) is 15.8. The summed E-state index contributed by atoms with van der Waals surface area (Å²) < 4.78 is 49.0. The standard InChI is InChI=1S/C10H11ClN4O4S2/c1-6-4-7(20(12,16)17)5-8(11)10(6)15-21(18,19)9-2-3-13-14-9/h2-5,15H,1H3,(H,13,14)(H2,12,16,17). The van der Waals surface area contributed by atoms with Crippen molar-refractivity contribution in [3.63, 3.8) is 0 Å². The lowest BCUT2D eigenvalue weighted by molar-refractivity contribution is 0.596. The molecule has 0 aliphatic carbocycles. The molecule has 0 amide bonds. The highest BCUT2D eigenvalue weighted by Gasteiger charge is 2.20. The van der Waals surface area contributed by atoms with Crippen LogP contribution in [0.15, 0.2) is 34.3 Å². The Hall–Kier alpha value is -1.62. The second kappa shape index (κ2) is 5.30. The number of nitrogens with two attached hydrogens (primary N) is 1. The van der Waals surface area contributed by atoms with Crippen molar-refractivity contribution in [2.75, 3.05) is 4.72 Å². The molecule has 2 aromatic rings. The first-order valence-electron chi connectivity index (χ1n) is 5.46. The van der Waals surface area contributed by atoms with Crippen LogP contribution in [0, 0.1) is 6.92 Å². The van der Waals surface area contributed by atoms with Gasteiger partial charge in [0.2, 0.25) is 10.0 Å². The fraction of sp³-hybridized carbons (Fsp3) is 0.100. The number of aryl methyl sites for hydroxylation is 1. The number of anilines is 1. The van der Waals surface area contributed by atoms with E-state index in [-0.39, 0.29) is 20.6 Å². The molecule has 0 spiro atoms. The summed E-state index contributed by atoms with van der Waals surface area (Å²) in [7, 11) is -7.83. The summed E-state index contributed by atoms with van der Waals surface area (Å²) in [5.41, 5.74) is 0.383. The predicted molar refractivity (Wildman–Crippen MR) is 77.0 cm³/mol. The molecule has 0 saturated heterocycles. The first-order chi connectivity index (χ1) is 9.61. The number of nitrogens with one attached hydrogen (secondary N) is 2. The van der Waals surface area contributed by atoms with Crippen molar-refractivity contribution < 1.29 is 16.8 Å². The number of H-pyrrole nitrogens is 1. The van der Waals surface area contributed by atoms with Gasteiger partial charge in [-0.1, -0.05) is 11.6 Å². The second-order valence-corrected chi connectivity index (χ2v) is 7.79. The molecule has 1 aromatic heterocycles. The topological polar surface area (TPSA) is 135 Å². The van der Waals surface area contributed by atoms with Crippen molar-refractivity contribution in [2.24, 2.45) is 5.14 Å². The Kier molecular flexibility index (Phi) is 3.97. The van der Waals surface area contributed by atoms with Gasteiger partial charge in [0.15, 0.2) is 5.03 Å². The zero-order chi connectivity index (χ0) is 15.8. The van der Waals surface area contributed by atoms with Crippen LogP contribution in [0.1, 0.15) is 5.56 Å². The summed E-state index contributed by atoms with van der Waals surface area (Å²) in [6, 6.07) is 3.57. The van der Waals surface area contributed by atoms with Crippen LogP contribution in [-0.2, 0) is 20.0 Å². The van der Waals surface area contributed by atoms with Crippen molar-refractivity contribution in [3.05, 3.63) is 35.0 Å². The Balaban J connectivity index is 2.48. The lowest BCUT2D eigenvalue weighted by Crippen LogP contribution is -2.16. The summed E-state index contributed by atoms with van der Waals surface area (Å²) in [5, 5.41) is 10.6. The van der Waals surface area contributed by atoms with Gasteiger partial charge in [-0.2, -0.15) is 13.5 Å². The molecule has 1 aromatic carbocycles. The van der Waals surface area contributed by atoms with Crippen LogP contribution in [0.3, 0.4) is 0 Å². The molecular weight excluding hydrogens is 340 g/mol. The molecule has 0 fully saturated rings. The van der Waals surface area contributed by atoms with E-state index in [4.69, 9.17) is 16.7 Å². The summed E-state index contributed by atoms with van der Waals surface area (Å²) in [4.78, 5) is -0.200. The quantitative estimate of drug-likeness (QED) is 0.750. The minimum absolute atomic E-state index is 0.0682. The predicted octanol–water partition coefficient (Wildman–Crippen LogP) is 0.820. The molecule has 11 heteroatoms. The van der Waals surface area contributed by atoms with E-state index in [0.717, 1.165) is 6.07 Å². The number of benzene rings is 1. The molecule has 0 atom stereocenters. The summed E-state index contributed by atoms with van der Waals surface area (Å²) in [6.07, 6.45) is 1.28. The molecule has 1 heterocycles. The number of hydrogen-bond donors (Lipinski definition) is 3. The average Bonchev–Trinajstić information content (AvgIpc) is 2.86. The normalized spacial score (nSPS) is 12.3. The summed E-state index contributed by atoms with van der Waals surface area (Å²) >= 11 is 5.94. The minimum atomic E-state index is -3.93. The number of nitrogens with zero attached hydrogens (tertiary/aromatic N) is 1. The highest BCUT2D eigenvalue weighted by molar-refractivity contribution is 7.92. The SMILES string of the molecule is Cc1cc(S(N)(=O)=O)cc(Cl)c1NS(=O)(=O)c1ccn[nH]1. The third-order valence-electron chi connectivity index (χ3n) is 2.59. The Morgan fingerprint density at radius 1 is 1.29 bits per heavy atom. The van der Waals surface area contributed by atoms with Gasteiger partial charge < -0.3 is 0 Å². The molecular formula is C10H11ClN4O4S2. The minimum Gasteiger partial charge on any atom is -0.277 e. The van der Waals surface area contributed by atoms with Crippen molar-refractivity contribution in [3.8, 4) is 0 Å². The van der Waals surface area contributed by atoms with Crippen LogP contribution in [0.25, 0.3) is 0 Å². The number of aromatic amines is 1. The Morgan fingerprint density at radius 3 is 2.43 bits per heavy atom. The van der Waals surface area contributed by atoms with Crippen LogP contribution >= 0.6 is 11.6 Å². The molecule has 4 N–H and O–H groups in total. The highest BCUT2D eigenvalue weighted by Crippen LogP contribution is 2.30. The number of rotatable bonds is 4. The number of halogens is 1. The van der Waals surface area contributed by atoms with E-state index < -0.39 is 20.0 Å². The average molecular weight is 351 g/mol. The Morgan fingerprint density at radius 2 is 1.95 bits per heavy atom. The molecule has 8 nitrogen and oxygen atoms in total. The first-order valence-corrected chi connectivity index (χ1v) is 8.87. The van der Waals surface area contributed by atoms with Crippen LogP contribution in [0.5, 0.6) is 0 Å². The molecule has 0 saturated carbocycles.